The largest absolute Gasteiger partial charge is 0.368 e. The number of aryl methyl sites for hydroxylation is 2. The molecular weight excluding hydrogens is 346 g/mol. The van der Waals surface area contributed by atoms with Crippen molar-refractivity contribution in [2.45, 2.75) is 40.5 Å². The highest BCUT2D eigenvalue weighted by Crippen LogP contribution is 2.27. The van der Waals surface area contributed by atoms with Gasteiger partial charge in [-0.2, -0.15) is 0 Å². The van der Waals surface area contributed by atoms with Crippen LogP contribution in [-0.2, 0) is 0 Å². The third-order valence-electron chi connectivity index (χ3n) is 6.31. The zero-order chi connectivity index (χ0) is 19.7. The average molecular weight is 380 g/mol. The molecule has 1 aromatic heterocycles. The monoisotopic (exact) mass is 379 g/mol. The highest BCUT2D eigenvalue weighted by molar-refractivity contribution is 5.58. The zero-order valence-corrected chi connectivity index (χ0v) is 17.8. The minimum absolute atomic E-state index is 0.744. The molecule has 3 heterocycles. The van der Waals surface area contributed by atoms with Gasteiger partial charge in [0.05, 0.1) is 0 Å². The summed E-state index contributed by atoms with van der Waals surface area (Å²) in [6, 6.07) is 8.83. The standard InChI is InChI=1S/C23H33N5/c1-17-7-6-10-28(16-17)23-15-22(24-20(4)25-23)27-13-11-26(12-14-27)21-9-5-8-18(2)19(21)3/h5,8-9,15,17H,6-7,10-14,16H2,1-4H3. The smallest absolute Gasteiger partial charge is 0.134 e. The van der Waals surface area contributed by atoms with Crippen LogP contribution in [0.1, 0.15) is 36.7 Å². The summed E-state index contributed by atoms with van der Waals surface area (Å²) in [6.07, 6.45) is 2.59. The van der Waals surface area contributed by atoms with Crippen molar-refractivity contribution < 1.29 is 0 Å². The van der Waals surface area contributed by atoms with Crippen LogP contribution in [0, 0.1) is 26.7 Å². The first-order valence-corrected chi connectivity index (χ1v) is 10.7. The molecule has 0 aliphatic carbocycles. The second-order valence-electron chi connectivity index (χ2n) is 8.52. The molecule has 4 rings (SSSR count). The van der Waals surface area contributed by atoms with E-state index < -0.39 is 0 Å². The van der Waals surface area contributed by atoms with Crippen LogP contribution in [0.2, 0.25) is 0 Å². The van der Waals surface area contributed by atoms with Crippen LogP contribution in [0.15, 0.2) is 24.3 Å². The van der Waals surface area contributed by atoms with Crippen molar-refractivity contribution in [2.75, 3.05) is 54.0 Å². The lowest BCUT2D eigenvalue weighted by molar-refractivity contribution is 0.444. The van der Waals surface area contributed by atoms with Gasteiger partial charge in [0.2, 0.25) is 0 Å². The predicted octanol–water partition coefficient (Wildman–Crippen LogP) is 3.96. The molecule has 1 aromatic carbocycles. The summed E-state index contributed by atoms with van der Waals surface area (Å²) < 4.78 is 0. The van der Waals surface area contributed by atoms with Gasteiger partial charge in [-0.1, -0.05) is 19.1 Å². The van der Waals surface area contributed by atoms with E-state index in [0.29, 0.717) is 0 Å². The number of piperazine rings is 1. The number of hydrogen-bond donors (Lipinski definition) is 0. The molecule has 0 spiro atoms. The molecule has 1 unspecified atom stereocenters. The van der Waals surface area contributed by atoms with Gasteiger partial charge in [-0.05, 0) is 56.7 Å². The summed E-state index contributed by atoms with van der Waals surface area (Å²) in [4.78, 5) is 16.9. The summed E-state index contributed by atoms with van der Waals surface area (Å²) in [5, 5.41) is 0. The van der Waals surface area contributed by atoms with Crippen LogP contribution in [0.25, 0.3) is 0 Å². The molecule has 0 saturated carbocycles. The number of anilines is 3. The van der Waals surface area contributed by atoms with Crippen molar-refractivity contribution in [3.63, 3.8) is 0 Å². The first-order chi connectivity index (χ1) is 13.5. The Labute approximate surface area is 169 Å². The Bertz CT molecular complexity index is 826. The normalized spacial score (nSPS) is 20.6. The van der Waals surface area contributed by atoms with Crippen LogP contribution in [0.3, 0.4) is 0 Å². The van der Waals surface area contributed by atoms with Crippen molar-refractivity contribution >= 4 is 17.3 Å². The van der Waals surface area contributed by atoms with Gasteiger partial charge in [0.15, 0.2) is 0 Å². The van der Waals surface area contributed by atoms with Crippen LogP contribution in [-0.4, -0.2) is 49.2 Å². The lowest BCUT2D eigenvalue weighted by Gasteiger charge is -2.38. The number of rotatable bonds is 3. The molecule has 5 heteroatoms. The Morgan fingerprint density at radius 2 is 1.54 bits per heavy atom. The number of nitrogens with zero attached hydrogens (tertiary/aromatic N) is 5. The highest BCUT2D eigenvalue weighted by atomic mass is 15.3. The molecule has 0 amide bonds. The minimum atomic E-state index is 0.744. The maximum Gasteiger partial charge on any atom is 0.134 e. The van der Waals surface area contributed by atoms with Gasteiger partial charge in [0.25, 0.3) is 0 Å². The van der Waals surface area contributed by atoms with Gasteiger partial charge in [-0.25, -0.2) is 9.97 Å². The van der Waals surface area contributed by atoms with Crippen LogP contribution >= 0.6 is 0 Å². The summed E-state index contributed by atoms with van der Waals surface area (Å²) in [7, 11) is 0. The summed E-state index contributed by atoms with van der Waals surface area (Å²) in [6.45, 7) is 15.1. The van der Waals surface area contributed by atoms with E-state index in [1.807, 2.05) is 6.92 Å². The van der Waals surface area contributed by atoms with Crippen molar-refractivity contribution in [2.24, 2.45) is 5.92 Å². The van der Waals surface area contributed by atoms with Crippen molar-refractivity contribution in [1.29, 1.82) is 0 Å². The van der Waals surface area contributed by atoms with E-state index >= 15 is 0 Å². The van der Waals surface area contributed by atoms with E-state index in [2.05, 4.69) is 59.7 Å². The van der Waals surface area contributed by atoms with Gasteiger partial charge in [0.1, 0.15) is 17.5 Å². The minimum Gasteiger partial charge on any atom is -0.368 e. The number of aromatic nitrogens is 2. The molecular formula is C23H33N5. The van der Waals surface area contributed by atoms with E-state index in [9.17, 15) is 0 Å². The summed E-state index contributed by atoms with van der Waals surface area (Å²) in [5.74, 6) is 3.81. The molecule has 28 heavy (non-hydrogen) atoms. The molecule has 0 radical (unpaired) electrons. The first kappa shape index (κ1) is 19.0. The highest BCUT2D eigenvalue weighted by Gasteiger charge is 2.23. The number of piperidine rings is 1. The van der Waals surface area contributed by atoms with Crippen molar-refractivity contribution in [3.8, 4) is 0 Å². The molecule has 2 aliphatic rings. The van der Waals surface area contributed by atoms with Gasteiger partial charge < -0.3 is 14.7 Å². The number of benzene rings is 1. The van der Waals surface area contributed by atoms with Gasteiger partial charge in [-0.3, -0.25) is 0 Å². The zero-order valence-electron chi connectivity index (χ0n) is 17.8. The molecule has 0 N–H and O–H groups in total. The Morgan fingerprint density at radius 3 is 2.25 bits per heavy atom. The second kappa shape index (κ2) is 7.98. The molecule has 2 aliphatic heterocycles. The SMILES string of the molecule is Cc1nc(N2CCN(c3cccc(C)c3C)CC2)cc(N2CCCC(C)C2)n1. The van der Waals surface area contributed by atoms with E-state index in [4.69, 9.17) is 9.97 Å². The van der Waals surface area contributed by atoms with Gasteiger partial charge >= 0.3 is 0 Å². The second-order valence-corrected chi connectivity index (χ2v) is 8.52. The van der Waals surface area contributed by atoms with Gasteiger partial charge in [-0.15, -0.1) is 0 Å². The van der Waals surface area contributed by atoms with E-state index in [0.717, 1.165) is 62.6 Å². The fourth-order valence-corrected chi connectivity index (χ4v) is 4.51. The summed E-state index contributed by atoms with van der Waals surface area (Å²) >= 11 is 0. The fraction of sp³-hybridized carbons (Fsp3) is 0.565. The maximum atomic E-state index is 4.77. The molecule has 0 bridgehead atoms. The van der Waals surface area contributed by atoms with E-state index in [1.165, 1.54) is 29.7 Å². The molecule has 2 aromatic rings. The molecule has 1 atom stereocenters. The third-order valence-corrected chi connectivity index (χ3v) is 6.31. The van der Waals surface area contributed by atoms with E-state index in [-0.39, 0.29) is 0 Å². The molecule has 5 nitrogen and oxygen atoms in total. The first-order valence-electron chi connectivity index (χ1n) is 10.7. The van der Waals surface area contributed by atoms with Crippen LogP contribution in [0.5, 0.6) is 0 Å². The maximum absolute atomic E-state index is 4.77. The average Bonchev–Trinajstić information content (AvgIpc) is 2.70. The topological polar surface area (TPSA) is 35.5 Å². The molecule has 2 fully saturated rings. The lowest BCUT2D eigenvalue weighted by atomic mass is 10.0. The predicted molar refractivity (Wildman–Crippen MR) is 118 cm³/mol. The Balaban J connectivity index is 1.48. The van der Waals surface area contributed by atoms with Gasteiger partial charge in [0, 0.05) is 51.0 Å². The Kier molecular flexibility index (Phi) is 5.42. The quantitative estimate of drug-likeness (QED) is 0.806. The van der Waals surface area contributed by atoms with Crippen molar-refractivity contribution in [1.82, 2.24) is 9.97 Å². The number of hydrogen-bond acceptors (Lipinski definition) is 5. The molecule has 150 valence electrons. The van der Waals surface area contributed by atoms with E-state index in [1.54, 1.807) is 0 Å². The van der Waals surface area contributed by atoms with Crippen LogP contribution in [0.4, 0.5) is 17.3 Å². The third kappa shape index (κ3) is 3.94. The van der Waals surface area contributed by atoms with Crippen molar-refractivity contribution in [3.05, 3.63) is 41.2 Å². The molecule has 2 saturated heterocycles. The lowest BCUT2D eigenvalue weighted by Crippen LogP contribution is -2.47. The summed E-state index contributed by atoms with van der Waals surface area (Å²) in [5.41, 5.74) is 4.14. The fourth-order valence-electron chi connectivity index (χ4n) is 4.51. The van der Waals surface area contributed by atoms with Crippen LogP contribution < -0.4 is 14.7 Å². The Morgan fingerprint density at radius 1 is 0.857 bits per heavy atom. The Hall–Kier alpha value is -2.30.